The summed E-state index contributed by atoms with van der Waals surface area (Å²) in [4.78, 5) is 28.7. The highest BCUT2D eigenvalue weighted by molar-refractivity contribution is 8.15. The normalized spacial score (nSPS) is 17.9. The van der Waals surface area contributed by atoms with E-state index >= 15 is 0 Å². The number of carbonyl (C=O) groups excluding carboxylic acids is 2. The summed E-state index contributed by atoms with van der Waals surface area (Å²) in [7, 11) is 0. The number of anilines is 1. The highest BCUT2D eigenvalue weighted by atomic mass is 32.2. The Morgan fingerprint density at radius 2 is 1.93 bits per heavy atom. The van der Waals surface area contributed by atoms with E-state index in [1.807, 2.05) is 32.0 Å². The van der Waals surface area contributed by atoms with Crippen LogP contribution in [0.1, 0.15) is 23.1 Å². The molecule has 3 rings (SSSR count). The predicted molar refractivity (Wildman–Crippen MR) is 107 cm³/mol. The first-order valence-electron chi connectivity index (χ1n) is 8.51. The molecule has 1 heterocycles. The molecule has 0 unspecified atom stereocenters. The number of amidine groups is 1. The third-order valence-electron chi connectivity index (χ3n) is 4.20. The van der Waals surface area contributed by atoms with E-state index in [-0.39, 0.29) is 24.1 Å². The van der Waals surface area contributed by atoms with Crippen molar-refractivity contribution in [1.29, 1.82) is 0 Å². The van der Waals surface area contributed by atoms with Gasteiger partial charge >= 0.3 is 0 Å². The molecule has 0 aliphatic carbocycles. The van der Waals surface area contributed by atoms with Crippen LogP contribution >= 0.6 is 11.8 Å². The number of benzene rings is 2. The number of aryl methyl sites for hydroxylation is 3. The van der Waals surface area contributed by atoms with Gasteiger partial charge in [0.05, 0.1) is 5.69 Å². The van der Waals surface area contributed by atoms with Crippen molar-refractivity contribution in [3.63, 3.8) is 0 Å². The fraction of sp³-hybridized carbons (Fsp3) is 0.250. The second kappa shape index (κ2) is 7.92. The Balaban J connectivity index is 1.65. The van der Waals surface area contributed by atoms with E-state index in [9.17, 15) is 14.0 Å². The van der Waals surface area contributed by atoms with E-state index in [1.54, 1.807) is 19.1 Å². The number of hydrogen-bond donors (Lipinski definition) is 2. The molecule has 2 aromatic carbocycles. The number of nitrogens with one attached hydrogen (secondary N) is 2. The lowest BCUT2D eigenvalue weighted by atomic mass is 10.1. The van der Waals surface area contributed by atoms with Gasteiger partial charge in [-0.3, -0.25) is 9.59 Å². The van der Waals surface area contributed by atoms with Crippen LogP contribution in [-0.4, -0.2) is 22.2 Å². The highest BCUT2D eigenvalue weighted by Crippen LogP contribution is 2.26. The zero-order chi connectivity index (χ0) is 19.6. The molecule has 1 atom stereocenters. The molecule has 1 saturated heterocycles. The van der Waals surface area contributed by atoms with Gasteiger partial charge in [-0.25, -0.2) is 9.38 Å². The van der Waals surface area contributed by atoms with Gasteiger partial charge in [-0.15, -0.1) is 0 Å². The number of hydrogen-bond acceptors (Lipinski definition) is 4. The van der Waals surface area contributed by atoms with Crippen LogP contribution in [0.15, 0.2) is 41.4 Å². The second-order valence-electron chi connectivity index (χ2n) is 6.52. The first kappa shape index (κ1) is 19.1. The number of nitrogens with zero attached hydrogens (tertiary/aromatic N) is 1. The Bertz CT molecular complexity index is 943. The molecule has 0 bridgehead atoms. The number of rotatable bonds is 4. The molecule has 7 heteroatoms. The van der Waals surface area contributed by atoms with Crippen molar-refractivity contribution in [3.8, 4) is 0 Å². The topological polar surface area (TPSA) is 70.6 Å². The molecule has 1 fully saturated rings. The smallest absolute Gasteiger partial charge is 0.240 e. The Hall–Kier alpha value is -2.67. The Labute approximate surface area is 161 Å². The summed E-state index contributed by atoms with van der Waals surface area (Å²) < 4.78 is 13.6. The molecule has 140 valence electrons. The molecule has 1 aliphatic rings. The minimum atomic E-state index is -0.566. The standard InChI is InChI=1S/C20H20FN3O2S/c1-11-4-5-13(3)16(8-11)23-18(25)10-17-19(26)24-20(27-17)22-14-7-6-12(2)15(21)9-14/h4-9,17H,10H2,1-3H3,(H,23,25)(H,22,24,26)/t17-/m1/s1. The molecular weight excluding hydrogens is 365 g/mol. The molecule has 2 aromatic rings. The van der Waals surface area contributed by atoms with Crippen LogP contribution in [0.3, 0.4) is 0 Å². The van der Waals surface area contributed by atoms with E-state index in [0.717, 1.165) is 16.8 Å². The van der Waals surface area contributed by atoms with Crippen LogP contribution in [-0.2, 0) is 9.59 Å². The first-order chi connectivity index (χ1) is 12.8. The molecule has 0 radical (unpaired) electrons. The van der Waals surface area contributed by atoms with Gasteiger partial charge in [0.15, 0.2) is 5.17 Å². The maximum absolute atomic E-state index is 13.6. The lowest BCUT2D eigenvalue weighted by Crippen LogP contribution is -2.28. The van der Waals surface area contributed by atoms with Crippen molar-refractivity contribution in [2.45, 2.75) is 32.4 Å². The number of carbonyl (C=O) groups is 2. The van der Waals surface area contributed by atoms with Gasteiger partial charge in [0, 0.05) is 12.1 Å². The number of amides is 2. The van der Waals surface area contributed by atoms with Crippen molar-refractivity contribution < 1.29 is 14.0 Å². The number of thioether (sulfide) groups is 1. The minimum Gasteiger partial charge on any atom is -0.326 e. The number of halogens is 1. The van der Waals surface area contributed by atoms with Gasteiger partial charge in [0.25, 0.3) is 0 Å². The molecule has 27 heavy (non-hydrogen) atoms. The quantitative estimate of drug-likeness (QED) is 0.836. The Kier molecular flexibility index (Phi) is 5.60. The van der Waals surface area contributed by atoms with Gasteiger partial charge in [-0.2, -0.15) is 0 Å². The SMILES string of the molecule is Cc1ccc(C)c(NC(=O)C[C@H]2SC(=Nc3ccc(C)c(F)c3)NC2=O)c1. The van der Waals surface area contributed by atoms with Gasteiger partial charge in [-0.05, 0) is 55.7 Å². The number of aliphatic imine (C=N–C) groups is 1. The lowest BCUT2D eigenvalue weighted by molar-refractivity contribution is -0.122. The van der Waals surface area contributed by atoms with Crippen molar-refractivity contribution in [2.75, 3.05) is 5.32 Å². The van der Waals surface area contributed by atoms with Crippen LogP contribution in [0.4, 0.5) is 15.8 Å². The van der Waals surface area contributed by atoms with Crippen molar-refractivity contribution in [1.82, 2.24) is 5.32 Å². The maximum atomic E-state index is 13.6. The molecule has 2 amide bonds. The van der Waals surface area contributed by atoms with Gasteiger partial charge in [0.1, 0.15) is 11.1 Å². The molecule has 5 nitrogen and oxygen atoms in total. The largest absolute Gasteiger partial charge is 0.326 e. The minimum absolute atomic E-state index is 0.0329. The van der Waals surface area contributed by atoms with Crippen molar-refractivity contribution >= 4 is 40.1 Å². The average Bonchev–Trinajstić information content (AvgIpc) is 2.93. The lowest BCUT2D eigenvalue weighted by Gasteiger charge is -2.10. The van der Waals surface area contributed by atoms with E-state index in [2.05, 4.69) is 15.6 Å². The third-order valence-corrected chi connectivity index (χ3v) is 5.28. The summed E-state index contributed by atoms with van der Waals surface area (Å²) in [5.41, 5.74) is 3.70. The first-order valence-corrected chi connectivity index (χ1v) is 9.39. The van der Waals surface area contributed by atoms with Crippen molar-refractivity contribution in [3.05, 3.63) is 58.9 Å². The van der Waals surface area contributed by atoms with Gasteiger partial charge in [-0.1, -0.05) is 30.0 Å². The summed E-state index contributed by atoms with van der Waals surface area (Å²) in [5, 5.41) is 5.31. The van der Waals surface area contributed by atoms with E-state index in [1.165, 1.54) is 17.8 Å². The second-order valence-corrected chi connectivity index (χ2v) is 7.71. The van der Waals surface area contributed by atoms with Gasteiger partial charge < -0.3 is 10.6 Å². The fourth-order valence-electron chi connectivity index (χ4n) is 2.60. The zero-order valence-corrected chi connectivity index (χ0v) is 16.1. The summed E-state index contributed by atoms with van der Waals surface area (Å²) in [5.74, 6) is -0.864. The molecule has 0 saturated carbocycles. The monoisotopic (exact) mass is 385 g/mol. The molecule has 0 aromatic heterocycles. The summed E-state index contributed by atoms with van der Waals surface area (Å²) in [6.45, 7) is 5.53. The van der Waals surface area contributed by atoms with E-state index in [0.29, 0.717) is 16.4 Å². The van der Waals surface area contributed by atoms with Crippen LogP contribution in [0, 0.1) is 26.6 Å². The fourth-order valence-corrected chi connectivity index (χ4v) is 3.59. The Morgan fingerprint density at radius 1 is 1.19 bits per heavy atom. The summed E-state index contributed by atoms with van der Waals surface area (Å²) >= 11 is 1.18. The molecule has 0 spiro atoms. The maximum Gasteiger partial charge on any atom is 0.240 e. The zero-order valence-electron chi connectivity index (χ0n) is 15.3. The third kappa shape index (κ3) is 4.74. The average molecular weight is 385 g/mol. The van der Waals surface area contributed by atoms with E-state index in [4.69, 9.17) is 0 Å². The highest BCUT2D eigenvalue weighted by Gasteiger charge is 2.32. The molecular formula is C20H20FN3O2S. The van der Waals surface area contributed by atoms with Gasteiger partial charge in [0.2, 0.25) is 11.8 Å². The predicted octanol–water partition coefficient (Wildman–Crippen LogP) is 4.00. The van der Waals surface area contributed by atoms with Crippen LogP contribution in [0.5, 0.6) is 0 Å². The molecule has 1 aliphatic heterocycles. The van der Waals surface area contributed by atoms with E-state index < -0.39 is 5.25 Å². The van der Waals surface area contributed by atoms with Crippen molar-refractivity contribution in [2.24, 2.45) is 4.99 Å². The molecule has 2 N–H and O–H groups in total. The summed E-state index contributed by atoms with van der Waals surface area (Å²) in [6.07, 6.45) is 0.0329. The van der Waals surface area contributed by atoms with Crippen LogP contribution in [0.2, 0.25) is 0 Å². The Morgan fingerprint density at radius 3 is 2.67 bits per heavy atom. The van der Waals surface area contributed by atoms with Crippen LogP contribution < -0.4 is 10.6 Å². The van der Waals surface area contributed by atoms with Crippen LogP contribution in [0.25, 0.3) is 0 Å². The summed E-state index contributed by atoms with van der Waals surface area (Å²) in [6, 6.07) is 10.4.